The molecule has 0 saturated carbocycles. The zero-order chi connectivity index (χ0) is 20.8. The Labute approximate surface area is 186 Å². The highest BCUT2D eigenvalue weighted by Crippen LogP contribution is 2.34. The second-order valence-electron chi connectivity index (χ2n) is 6.49. The van der Waals surface area contributed by atoms with Gasteiger partial charge < -0.3 is 14.8 Å². The minimum Gasteiger partial charge on any atom is -0.493 e. The molecule has 0 unspecified atom stereocenters. The van der Waals surface area contributed by atoms with Crippen molar-refractivity contribution in [2.45, 2.75) is 20.1 Å². The summed E-state index contributed by atoms with van der Waals surface area (Å²) in [5, 5.41) is 4.39. The summed E-state index contributed by atoms with van der Waals surface area (Å²) >= 11 is 18.2. The van der Waals surface area contributed by atoms with Crippen LogP contribution in [0.1, 0.15) is 22.3 Å². The third-order valence-electron chi connectivity index (χ3n) is 4.44. The predicted octanol–water partition coefficient (Wildman–Crippen LogP) is 6.35. The Bertz CT molecular complexity index is 986. The number of para-hydroxylation sites is 1. The molecule has 0 saturated heterocycles. The van der Waals surface area contributed by atoms with Crippen LogP contribution in [0.3, 0.4) is 0 Å². The number of ether oxygens (including phenoxy) is 2. The first-order valence-electron chi connectivity index (χ1n) is 9.06. The van der Waals surface area contributed by atoms with Gasteiger partial charge in [0.15, 0.2) is 11.5 Å². The molecule has 0 radical (unpaired) electrons. The van der Waals surface area contributed by atoms with Crippen LogP contribution in [0.15, 0.2) is 60.7 Å². The number of hydrogen-bond donors (Lipinski definition) is 1. The average molecular weight is 446 g/mol. The van der Waals surface area contributed by atoms with Gasteiger partial charge in [-0.05, 0) is 36.8 Å². The van der Waals surface area contributed by atoms with Crippen LogP contribution in [-0.2, 0) is 13.2 Å². The number of nitrogens with one attached hydrogen (secondary N) is 1. The Morgan fingerprint density at radius 1 is 0.966 bits per heavy atom. The minimum atomic E-state index is 0.201. The van der Waals surface area contributed by atoms with E-state index in [1.54, 1.807) is 25.3 Å². The van der Waals surface area contributed by atoms with Crippen LogP contribution in [-0.4, -0.2) is 12.1 Å². The van der Waals surface area contributed by atoms with Gasteiger partial charge in [-0.15, -0.1) is 0 Å². The molecule has 0 aliphatic rings. The molecule has 0 fully saturated rings. The zero-order valence-electron chi connectivity index (χ0n) is 16.2. The normalized spacial score (nSPS) is 10.5. The van der Waals surface area contributed by atoms with E-state index in [2.05, 4.69) is 36.5 Å². The monoisotopic (exact) mass is 445 g/mol. The van der Waals surface area contributed by atoms with Crippen LogP contribution >= 0.6 is 35.4 Å². The lowest BCUT2D eigenvalue weighted by atomic mass is 10.1. The Morgan fingerprint density at radius 3 is 2.28 bits per heavy atom. The molecule has 1 N–H and O–H groups in total. The molecular weight excluding hydrogens is 425 g/mol. The molecule has 3 aromatic rings. The Kier molecular flexibility index (Phi) is 7.37. The number of methoxy groups -OCH3 is 1. The Hall–Kier alpha value is -2.27. The summed E-state index contributed by atoms with van der Waals surface area (Å²) in [6, 6.07) is 19.3. The second-order valence-corrected chi connectivity index (χ2v) is 7.72. The van der Waals surface area contributed by atoms with Gasteiger partial charge in [-0.25, -0.2) is 0 Å². The minimum absolute atomic E-state index is 0.201. The van der Waals surface area contributed by atoms with E-state index in [9.17, 15) is 0 Å². The summed E-state index contributed by atoms with van der Waals surface area (Å²) in [5.41, 5.74) is 3.82. The number of halogens is 2. The smallest absolute Gasteiger partial charge is 0.171 e. The quantitative estimate of drug-likeness (QED) is 0.428. The maximum Gasteiger partial charge on any atom is 0.171 e. The number of rotatable bonds is 7. The highest BCUT2D eigenvalue weighted by molar-refractivity contribution is 7.80. The summed E-state index contributed by atoms with van der Waals surface area (Å²) in [6.45, 7) is 2.88. The molecule has 3 nitrogen and oxygen atoms in total. The van der Waals surface area contributed by atoms with Crippen LogP contribution < -0.4 is 14.8 Å². The van der Waals surface area contributed by atoms with Crippen LogP contribution in [0.4, 0.5) is 0 Å². The van der Waals surface area contributed by atoms with Gasteiger partial charge in [0.2, 0.25) is 0 Å². The van der Waals surface area contributed by atoms with Crippen molar-refractivity contribution in [1.82, 2.24) is 5.32 Å². The Morgan fingerprint density at radius 2 is 1.62 bits per heavy atom. The third-order valence-corrected chi connectivity index (χ3v) is 5.51. The van der Waals surface area contributed by atoms with Crippen LogP contribution in [0.5, 0.6) is 11.5 Å². The molecular formula is C23H21Cl2NO2S. The highest BCUT2D eigenvalue weighted by atomic mass is 35.5. The molecule has 0 bridgehead atoms. The molecule has 6 heteroatoms. The van der Waals surface area contributed by atoms with E-state index in [0.717, 1.165) is 11.1 Å². The SMILES string of the molecule is COc1cccc(C(=S)NCc2ccc(C)cc2)c1OCc1c(Cl)cccc1Cl. The average Bonchev–Trinajstić information content (AvgIpc) is 2.72. The first kappa shape index (κ1) is 21.4. The van der Waals surface area contributed by atoms with Gasteiger partial charge in [0.1, 0.15) is 11.6 Å². The van der Waals surface area contributed by atoms with Gasteiger partial charge in [-0.2, -0.15) is 0 Å². The molecule has 0 spiro atoms. The van der Waals surface area contributed by atoms with Crippen LogP contribution in [0, 0.1) is 6.92 Å². The molecule has 0 heterocycles. The van der Waals surface area contributed by atoms with E-state index in [-0.39, 0.29) is 6.61 Å². The van der Waals surface area contributed by atoms with Crippen molar-refractivity contribution in [1.29, 1.82) is 0 Å². The van der Waals surface area contributed by atoms with Crippen molar-refractivity contribution < 1.29 is 9.47 Å². The van der Waals surface area contributed by atoms with E-state index in [1.165, 1.54) is 5.56 Å². The zero-order valence-corrected chi connectivity index (χ0v) is 18.5. The highest BCUT2D eigenvalue weighted by Gasteiger charge is 2.16. The lowest BCUT2D eigenvalue weighted by Crippen LogP contribution is -2.22. The molecule has 0 atom stereocenters. The largest absolute Gasteiger partial charge is 0.493 e. The Balaban J connectivity index is 1.79. The molecule has 0 amide bonds. The van der Waals surface area contributed by atoms with E-state index >= 15 is 0 Å². The standard InChI is InChI=1S/C23H21Cl2NO2S/c1-15-9-11-16(12-10-15)13-26-23(29)17-5-3-8-21(27-2)22(17)28-14-18-19(24)6-4-7-20(18)25/h3-12H,13-14H2,1-2H3,(H,26,29). The van der Waals surface area contributed by atoms with Crippen molar-refractivity contribution in [2.24, 2.45) is 0 Å². The number of thiocarbonyl (C=S) groups is 1. The topological polar surface area (TPSA) is 30.5 Å². The lowest BCUT2D eigenvalue weighted by molar-refractivity contribution is 0.284. The fraction of sp³-hybridized carbons (Fsp3) is 0.174. The molecule has 0 aliphatic carbocycles. The predicted molar refractivity (Wildman–Crippen MR) is 124 cm³/mol. The number of hydrogen-bond acceptors (Lipinski definition) is 3. The molecule has 29 heavy (non-hydrogen) atoms. The number of benzene rings is 3. The van der Waals surface area contributed by atoms with E-state index in [4.69, 9.17) is 44.9 Å². The van der Waals surface area contributed by atoms with Crippen molar-refractivity contribution in [3.63, 3.8) is 0 Å². The number of aryl methyl sites for hydroxylation is 1. The van der Waals surface area contributed by atoms with E-state index in [1.807, 2.05) is 18.2 Å². The van der Waals surface area contributed by atoms with Gasteiger partial charge >= 0.3 is 0 Å². The fourth-order valence-corrected chi connectivity index (χ4v) is 3.54. The second kappa shape index (κ2) is 9.97. The molecule has 3 rings (SSSR count). The van der Waals surface area contributed by atoms with Gasteiger partial charge in [-0.3, -0.25) is 0 Å². The van der Waals surface area contributed by atoms with Crippen LogP contribution in [0.25, 0.3) is 0 Å². The first-order valence-corrected chi connectivity index (χ1v) is 10.2. The summed E-state index contributed by atoms with van der Waals surface area (Å²) in [6.07, 6.45) is 0. The first-order chi connectivity index (χ1) is 14.0. The lowest BCUT2D eigenvalue weighted by Gasteiger charge is -2.17. The van der Waals surface area contributed by atoms with Gasteiger partial charge in [-0.1, -0.05) is 77.4 Å². The third kappa shape index (κ3) is 5.41. The summed E-state index contributed by atoms with van der Waals surface area (Å²) in [7, 11) is 1.59. The summed E-state index contributed by atoms with van der Waals surface area (Å²) in [5.74, 6) is 1.14. The van der Waals surface area contributed by atoms with Gasteiger partial charge in [0, 0.05) is 22.2 Å². The maximum absolute atomic E-state index is 6.27. The molecule has 0 aromatic heterocycles. The molecule has 3 aromatic carbocycles. The van der Waals surface area contributed by atoms with E-state index < -0.39 is 0 Å². The van der Waals surface area contributed by atoms with Crippen molar-refractivity contribution in [3.8, 4) is 11.5 Å². The maximum atomic E-state index is 6.27. The van der Waals surface area contributed by atoms with Crippen LogP contribution in [0.2, 0.25) is 10.0 Å². The molecule has 0 aliphatic heterocycles. The van der Waals surface area contributed by atoms with Gasteiger partial charge in [0.05, 0.1) is 12.7 Å². The summed E-state index contributed by atoms with van der Waals surface area (Å²) < 4.78 is 11.6. The van der Waals surface area contributed by atoms with E-state index in [0.29, 0.717) is 38.6 Å². The van der Waals surface area contributed by atoms with Crippen molar-refractivity contribution >= 4 is 40.4 Å². The summed E-state index contributed by atoms with van der Waals surface area (Å²) in [4.78, 5) is 0.574. The van der Waals surface area contributed by atoms with Crippen molar-refractivity contribution in [3.05, 3.63) is 93.0 Å². The van der Waals surface area contributed by atoms with Gasteiger partial charge in [0.25, 0.3) is 0 Å². The molecule has 150 valence electrons. The van der Waals surface area contributed by atoms with Crippen molar-refractivity contribution in [2.75, 3.05) is 7.11 Å². The fourth-order valence-electron chi connectivity index (χ4n) is 2.80.